The van der Waals surface area contributed by atoms with Gasteiger partial charge >= 0.3 is 12.4 Å². The number of nitrogens with zero attached hydrogens (tertiary/aromatic N) is 1. The zero-order chi connectivity index (χ0) is 14.8. The molecule has 1 aromatic rings. The molecule has 0 radical (unpaired) electrons. The van der Waals surface area contributed by atoms with Gasteiger partial charge in [-0.3, -0.25) is 10.1 Å². The standard InChI is InChI=1S/C9H12NO7PS/c1-5-8(10(11)12)6(15-2)4-7(9(5)16-3)17-18(13,14)19/h4H,1-3H3,(H2,13,14,19). The van der Waals surface area contributed by atoms with Crippen molar-refractivity contribution in [3.63, 3.8) is 0 Å². The van der Waals surface area contributed by atoms with Gasteiger partial charge in [0.05, 0.1) is 24.7 Å². The predicted molar refractivity (Wildman–Crippen MR) is 70.3 cm³/mol. The minimum absolute atomic E-state index is 0.00942. The van der Waals surface area contributed by atoms with E-state index in [1.165, 1.54) is 21.1 Å². The summed E-state index contributed by atoms with van der Waals surface area (Å²) in [4.78, 5) is 28.7. The maximum Gasteiger partial charge on any atom is 0.375 e. The van der Waals surface area contributed by atoms with Crippen LogP contribution in [-0.2, 0) is 11.8 Å². The molecular weight excluding hydrogens is 297 g/mol. The monoisotopic (exact) mass is 309 g/mol. The number of rotatable bonds is 5. The fourth-order valence-electron chi connectivity index (χ4n) is 1.56. The maximum atomic E-state index is 11.0. The predicted octanol–water partition coefficient (Wildman–Crippen LogP) is 1.51. The van der Waals surface area contributed by atoms with Crippen molar-refractivity contribution >= 4 is 24.2 Å². The molecule has 2 N–H and O–H groups in total. The Morgan fingerprint density at radius 1 is 1.32 bits per heavy atom. The number of benzene rings is 1. The van der Waals surface area contributed by atoms with Crippen molar-refractivity contribution in [2.75, 3.05) is 14.2 Å². The molecule has 0 bridgehead atoms. The maximum absolute atomic E-state index is 11.0. The van der Waals surface area contributed by atoms with Crippen molar-refractivity contribution in [1.29, 1.82) is 0 Å². The molecule has 0 spiro atoms. The Labute approximate surface area is 113 Å². The molecule has 0 aliphatic heterocycles. The molecule has 0 atom stereocenters. The Morgan fingerprint density at radius 3 is 2.26 bits per heavy atom. The highest BCUT2D eigenvalue weighted by Crippen LogP contribution is 2.48. The van der Waals surface area contributed by atoms with Gasteiger partial charge in [-0.25, -0.2) is 0 Å². The fraction of sp³-hybridized carbons (Fsp3) is 0.333. The molecule has 1 aromatic carbocycles. The van der Waals surface area contributed by atoms with E-state index in [-0.39, 0.29) is 28.5 Å². The van der Waals surface area contributed by atoms with Crippen LogP contribution in [0.25, 0.3) is 0 Å². The van der Waals surface area contributed by atoms with Gasteiger partial charge in [-0.2, -0.15) is 0 Å². The largest absolute Gasteiger partial charge is 0.492 e. The van der Waals surface area contributed by atoms with E-state index >= 15 is 0 Å². The van der Waals surface area contributed by atoms with Crippen LogP contribution in [0, 0.1) is 17.0 Å². The third-order valence-corrected chi connectivity index (χ3v) is 2.90. The molecule has 0 aromatic heterocycles. The van der Waals surface area contributed by atoms with E-state index in [2.05, 4.69) is 11.8 Å². The molecule has 0 saturated heterocycles. The Bertz CT molecular complexity index is 556. The third kappa shape index (κ3) is 3.54. The highest BCUT2D eigenvalue weighted by atomic mass is 32.5. The zero-order valence-corrected chi connectivity index (χ0v) is 12.0. The van der Waals surface area contributed by atoms with Gasteiger partial charge < -0.3 is 23.8 Å². The van der Waals surface area contributed by atoms with Gasteiger partial charge in [-0.1, -0.05) is 0 Å². The molecule has 0 saturated carbocycles. The molecule has 1 rings (SSSR count). The summed E-state index contributed by atoms with van der Waals surface area (Å²) in [6, 6.07) is 1.12. The molecule has 0 heterocycles. The summed E-state index contributed by atoms with van der Waals surface area (Å²) in [5, 5.41) is 11.0. The van der Waals surface area contributed by atoms with Crippen molar-refractivity contribution < 1.29 is 28.7 Å². The molecule has 0 amide bonds. The second kappa shape index (κ2) is 5.70. The first-order valence-corrected chi connectivity index (χ1v) is 7.49. The van der Waals surface area contributed by atoms with Crippen molar-refractivity contribution in [2.45, 2.75) is 6.92 Å². The first-order valence-electron chi connectivity index (χ1n) is 4.86. The molecule has 0 unspecified atom stereocenters. The summed E-state index contributed by atoms with van der Waals surface area (Å²) in [6.07, 6.45) is 0. The Hall–Kier alpha value is -1.41. The van der Waals surface area contributed by atoms with Gasteiger partial charge in [-0.05, 0) is 6.92 Å². The van der Waals surface area contributed by atoms with Crippen LogP contribution in [0.4, 0.5) is 5.69 Å². The molecule has 0 aliphatic carbocycles. The minimum Gasteiger partial charge on any atom is -0.492 e. The van der Waals surface area contributed by atoms with Gasteiger partial charge in [0, 0.05) is 17.9 Å². The molecule has 19 heavy (non-hydrogen) atoms. The normalized spacial score (nSPS) is 11.0. The first kappa shape index (κ1) is 15.6. The van der Waals surface area contributed by atoms with E-state index in [0.29, 0.717) is 0 Å². The van der Waals surface area contributed by atoms with Gasteiger partial charge in [-0.15, -0.1) is 0 Å². The lowest BCUT2D eigenvalue weighted by Crippen LogP contribution is -2.02. The topological polar surface area (TPSA) is 111 Å². The number of methoxy groups -OCH3 is 2. The number of nitro groups is 1. The third-order valence-electron chi connectivity index (χ3n) is 2.24. The highest BCUT2D eigenvalue weighted by molar-refractivity contribution is 8.06. The molecule has 0 fully saturated rings. The fourth-order valence-corrected chi connectivity index (χ4v) is 2.19. The van der Waals surface area contributed by atoms with E-state index in [9.17, 15) is 10.1 Å². The van der Waals surface area contributed by atoms with Gasteiger partial charge in [0.15, 0.2) is 11.5 Å². The smallest absolute Gasteiger partial charge is 0.375 e. The summed E-state index contributed by atoms with van der Waals surface area (Å²) >= 11 is 4.35. The highest BCUT2D eigenvalue weighted by Gasteiger charge is 2.27. The summed E-state index contributed by atoms with van der Waals surface area (Å²) in [7, 11) is 2.51. The average molecular weight is 309 g/mol. The van der Waals surface area contributed by atoms with Crippen LogP contribution in [-0.4, -0.2) is 28.9 Å². The van der Waals surface area contributed by atoms with Crippen LogP contribution in [0.5, 0.6) is 17.2 Å². The Kier molecular flexibility index (Phi) is 4.70. The van der Waals surface area contributed by atoms with Crippen LogP contribution in [0.15, 0.2) is 6.07 Å². The zero-order valence-electron chi connectivity index (χ0n) is 10.3. The summed E-state index contributed by atoms with van der Waals surface area (Å²) < 4.78 is 14.6. The second-order valence-corrected chi connectivity index (χ2v) is 6.01. The Morgan fingerprint density at radius 2 is 1.89 bits per heavy atom. The summed E-state index contributed by atoms with van der Waals surface area (Å²) in [5.74, 6) is -0.234. The van der Waals surface area contributed by atoms with Crippen molar-refractivity contribution in [3.05, 3.63) is 21.7 Å². The van der Waals surface area contributed by atoms with E-state index in [4.69, 9.17) is 23.8 Å². The number of hydrogen-bond acceptors (Lipinski definition) is 6. The molecule has 8 nitrogen and oxygen atoms in total. The average Bonchev–Trinajstić information content (AvgIpc) is 2.25. The van der Waals surface area contributed by atoms with Crippen LogP contribution in [0.3, 0.4) is 0 Å². The van der Waals surface area contributed by atoms with Crippen molar-refractivity contribution in [1.82, 2.24) is 0 Å². The lowest BCUT2D eigenvalue weighted by atomic mass is 10.1. The van der Waals surface area contributed by atoms with Crippen molar-refractivity contribution in [3.8, 4) is 17.2 Å². The number of ether oxygens (including phenoxy) is 2. The minimum atomic E-state index is -3.99. The first-order chi connectivity index (χ1) is 8.71. The number of hydrogen-bond donors (Lipinski definition) is 2. The van der Waals surface area contributed by atoms with Crippen molar-refractivity contribution in [2.24, 2.45) is 0 Å². The lowest BCUT2D eigenvalue weighted by Gasteiger charge is -2.16. The van der Waals surface area contributed by atoms with Gasteiger partial charge in [0.2, 0.25) is 5.75 Å². The quantitative estimate of drug-likeness (QED) is 0.478. The van der Waals surface area contributed by atoms with E-state index in [1.54, 1.807) is 0 Å². The SMILES string of the molecule is COc1cc(OP(O)(O)=S)c(OC)c(C)c1[N+](=O)[O-]. The van der Waals surface area contributed by atoms with Crippen LogP contribution in [0.2, 0.25) is 0 Å². The van der Waals surface area contributed by atoms with Gasteiger partial charge in [0.25, 0.3) is 0 Å². The molecule has 10 heteroatoms. The van der Waals surface area contributed by atoms with E-state index in [1.807, 2.05) is 0 Å². The lowest BCUT2D eigenvalue weighted by molar-refractivity contribution is -0.386. The Balaban J connectivity index is 3.54. The second-order valence-electron chi connectivity index (χ2n) is 3.42. The van der Waals surface area contributed by atoms with Gasteiger partial charge in [0.1, 0.15) is 0 Å². The summed E-state index contributed by atoms with van der Waals surface area (Å²) in [5.41, 5.74) is -0.166. The van der Waals surface area contributed by atoms with E-state index < -0.39 is 11.6 Å². The molecule has 106 valence electrons. The van der Waals surface area contributed by atoms with Crippen LogP contribution >= 0.6 is 6.72 Å². The molecular formula is C9H12NO7PS. The number of nitro benzene ring substituents is 1. The van der Waals surface area contributed by atoms with Crippen LogP contribution < -0.4 is 14.0 Å². The molecule has 0 aliphatic rings. The summed E-state index contributed by atoms with van der Waals surface area (Å²) in [6.45, 7) is -2.57. The van der Waals surface area contributed by atoms with Crippen LogP contribution in [0.1, 0.15) is 5.56 Å². The van der Waals surface area contributed by atoms with E-state index in [0.717, 1.165) is 6.07 Å².